The van der Waals surface area contributed by atoms with Gasteiger partial charge in [0.1, 0.15) is 6.61 Å². The number of hydrogen-bond acceptors (Lipinski definition) is 8. The fraction of sp³-hybridized carbons (Fsp3) is 0.286. The number of aromatic hydroxyl groups is 2. The van der Waals surface area contributed by atoms with Gasteiger partial charge in [-0.1, -0.05) is 40.9 Å². The van der Waals surface area contributed by atoms with Gasteiger partial charge >= 0.3 is 0 Å². The van der Waals surface area contributed by atoms with Crippen LogP contribution in [-0.4, -0.2) is 35.1 Å². The third-order valence-corrected chi connectivity index (χ3v) is 8.93. The summed E-state index contributed by atoms with van der Waals surface area (Å²) < 4.78 is 16.7. The van der Waals surface area contributed by atoms with E-state index >= 15 is 0 Å². The van der Waals surface area contributed by atoms with Crippen molar-refractivity contribution in [1.29, 1.82) is 0 Å². The van der Waals surface area contributed by atoms with Gasteiger partial charge in [0.15, 0.2) is 21.0 Å². The SMILES string of the molecule is CCOc1cc(C(c2c(O)n(C)c(=S)n(C)c2=O)c2c(O)n(C)c(=S)n(C)c2=O)cc(Cl)c1OCc1ccc(Cl)cc1Cl. The topological polar surface area (TPSA) is 113 Å². The summed E-state index contributed by atoms with van der Waals surface area (Å²) in [6.07, 6.45) is 0. The van der Waals surface area contributed by atoms with E-state index in [2.05, 4.69) is 0 Å². The van der Waals surface area contributed by atoms with E-state index < -0.39 is 28.8 Å². The molecule has 0 bridgehead atoms. The molecule has 0 unspecified atom stereocenters. The highest BCUT2D eigenvalue weighted by atomic mass is 35.5. The first kappa shape index (κ1) is 32.6. The molecule has 0 saturated carbocycles. The van der Waals surface area contributed by atoms with Crippen molar-refractivity contribution in [3.05, 3.63) is 97.9 Å². The molecule has 0 aliphatic heterocycles. The van der Waals surface area contributed by atoms with Crippen LogP contribution >= 0.6 is 59.2 Å². The Morgan fingerprint density at radius 1 is 0.791 bits per heavy atom. The molecule has 0 aliphatic rings. The van der Waals surface area contributed by atoms with Crippen molar-refractivity contribution in [2.75, 3.05) is 6.61 Å². The van der Waals surface area contributed by atoms with Gasteiger partial charge in [-0.15, -0.1) is 0 Å². The van der Waals surface area contributed by atoms with Crippen molar-refractivity contribution in [2.45, 2.75) is 19.4 Å². The Hall–Kier alpha value is -3.29. The second-order valence-corrected chi connectivity index (χ2v) is 11.6. The monoisotopic (exact) mass is 684 g/mol. The van der Waals surface area contributed by atoms with Crippen LogP contribution in [0.4, 0.5) is 0 Å². The number of nitrogens with zero attached hydrogens (tertiary/aromatic N) is 4. The molecule has 0 saturated heterocycles. The number of benzene rings is 2. The average molecular weight is 686 g/mol. The highest BCUT2D eigenvalue weighted by Crippen LogP contribution is 2.44. The van der Waals surface area contributed by atoms with E-state index in [1.165, 1.54) is 49.5 Å². The minimum absolute atomic E-state index is 0.0213. The van der Waals surface area contributed by atoms with E-state index in [0.717, 1.165) is 9.13 Å². The number of rotatable bonds is 8. The van der Waals surface area contributed by atoms with Crippen LogP contribution in [0.5, 0.6) is 23.3 Å². The first-order valence-electron chi connectivity index (χ1n) is 12.7. The van der Waals surface area contributed by atoms with Crippen molar-refractivity contribution < 1.29 is 19.7 Å². The molecule has 4 aromatic rings. The Kier molecular flexibility index (Phi) is 9.67. The molecule has 2 N–H and O–H groups in total. The van der Waals surface area contributed by atoms with Crippen LogP contribution in [0, 0.1) is 9.54 Å². The number of hydrogen-bond donors (Lipinski definition) is 2. The number of aromatic nitrogens is 4. The van der Waals surface area contributed by atoms with Gasteiger partial charge < -0.3 is 19.7 Å². The molecule has 0 radical (unpaired) electrons. The molecule has 15 heteroatoms. The third-order valence-electron chi connectivity index (χ3n) is 6.96. The van der Waals surface area contributed by atoms with E-state index in [0.29, 0.717) is 15.6 Å². The maximum absolute atomic E-state index is 13.7. The normalized spacial score (nSPS) is 11.3. The molecule has 4 rings (SSSR count). The van der Waals surface area contributed by atoms with Crippen LogP contribution in [-0.2, 0) is 34.8 Å². The summed E-state index contributed by atoms with van der Waals surface area (Å²) in [5.41, 5.74) is -0.972. The van der Waals surface area contributed by atoms with Gasteiger partial charge in [0.2, 0.25) is 11.8 Å². The Bertz CT molecular complexity index is 1920. The average Bonchev–Trinajstić information content (AvgIpc) is 2.96. The molecule has 2 aromatic carbocycles. The molecule has 0 spiro atoms. The predicted octanol–water partition coefficient (Wildman–Crippen LogP) is 5.75. The summed E-state index contributed by atoms with van der Waals surface area (Å²) in [7, 11) is 5.82. The van der Waals surface area contributed by atoms with Gasteiger partial charge in [0, 0.05) is 43.8 Å². The minimum Gasteiger partial charge on any atom is -0.494 e. The van der Waals surface area contributed by atoms with Crippen LogP contribution < -0.4 is 20.6 Å². The van der Waals surface area contributed by atoms with Gasteiger partial charge in [-0.25, -0.2) is 0 Å². The molecule has 0 fully saturated rings. The zero-order valence-electron chi connectivity index (χ0n) is 23.6. The summed E-state index contributed by atoms with van der Waals surface area (Å²) >= 11 is 29.7. The van der Waals surface area contributed by atoms with Gasteiger partial charge in [-0.05, 0) is 61.2 Å². The maximum Gasteiger partial charge on any atom is 0.262 e. The molecule has 43 heavy (non-hydrogen) atoms. The van der Waals surface area contributed by atoms with E-state index in [1.54, 1.807) is 25.1 Å². The molecule has 2 aromatic heterocycles. The van der Waals surface area contributed by atoms with Gasteiger partial charge in [-0.2, -0.15) is 0 Å². The first-order valence-corrected chi connectivity index (χ1v) is 14.7. The molecule has 0 amide bonds. The second kappa shape index (κ2) is 12.7. The smallest absolute Gasteiger partial charge is 0.262 e. The summed E-state index contributed by atoms with van der Waals surface area (Å²) in [6, 6.07) is 7.97. The standard InChI is InChI=1S/C28H27Cl3N4O6S2/c1-6-40-18-10-14(9-17(31)22(18)41-12-13-7-8-15(29)11-16(13)30)19(20-23(36)32(2)27(42)33(3)24(20)37)21-25(38)34(4)28(43)35(5)26(21)39/h7-11,19,36,38H,6,12H2,1-5H3. The van der Waals surface area contributed by atoms with E-state index in [1.807, 2.05) is 0 Å². The lowest BCUT2D eigenvalue weighted by Gasteiger charge is -2.24. The van der Waals surface area contributed by atoms with Crippen LogP contribution in [0.1, 0.15) is 35.1 Å². The van der Waals surface area contributed by atoms with Crippen molar-refractivity contribution in [2.24, 2.45) is 28.2 Å². The molecular weight excluding hydrogens is 659 g/mol. The van der Waals surface area contributed by atoms with Crippen molar-refractivity contribution >= 4 is 59.2 Å². The van der Waals surface area contributed by atoms with E-state index in [9.17, 15) is 19.8 Å². The molecule has 2 heterocycles. The van der Waals surface area contributed by atoms with Crippen molar-refractivity contribution in [1.82, 2.24) is 18.3 Å². The van der Waals surface area contributed by atoms with Crippen LogP contribution in [0.3, 0.4) is 0 Å². The van der Waals surface area contributed by atoms with Crippen LogP contribution in [0.15, 0.2) is 39.9 Å². The summed E-state index contributed by atoms with van der Waals surface area (Å²) in [5, 5.41) is 23.4. The van der Waals surface area contributed by atoms with E-state index in [4.69, 9.17) is 68.7 Å². The Labute approximate surface area is 271 Å². The Morgan fingerprint density at radius 3 is 1.81 bits per heavy atom. The lowest BCUT2D eigenvalue weighted by molar-refractivity contribution is 0.269. The highest BCUT2D eigenvalue weighted by Gasteiger charge is 2.34. The zero-order valence-corrected chi connectivity index (χ0v) is 27.5. The number of halogens is 3. The van der Waals surface area contributed by atoms with Crippen LogP contribution in [0.2, 0.25) is 15.1 Å². The molecule has 10 nitrogen and oxygen atoms in total. The quantitative estimate of drug-likeness (QED) is 0.226. The molecule has 228 valence electrons. The van der Waals surface area contributed by atoms with Crippen molar-refractivity contribution in [3.8, 4) is 23.3 Å². The second-order valence-electron chi connectivity index (χ2n) is 9.61. The van der Waals surface area contributed by atoms with Crippen molar-refractivity contribution in [3.63, 3.8) is 0 Å². The van der Waals surface area contributed by atoms with Gasteiger partial charge in [0.05, 0.1) is 28.7 Å². The fourth-order valence-electron chi connectivity index (χ4n) is 4.65. The summed E-state index contributed by atoms with van der Waals surface area (Å²) in [5.74, 6) is -2.00. The number of ether oxygens (including phenoxy) is 2. The van der Waals surface area contributed by atoms with E-state index in [-0.39, 0.29) is 56.0 Å². The predicted molar refractivity (Wildman–Crippen MR) is 171 cm³/mol. The largest absolute Gasteiger partial charge is 0.494 e. The maximum atomic E-state index is 13.7. The Balaban J connectivity index is 2.03. The lowest BCUT2D eigenvalue weighted by Crippen LogP contribution is -2.33. The van der Waals surface area contributed by atoms with Crippen LogP contribution in [0.25, 0.3) is 0 Å². The highest BCUT2D eigenvalue weighted by molar-refractivity contribution is 7.71. The first-order chi connectivity index (χ1) is 20.2. The molecule has 0 aliphatic carbocycles. The third kappa shape index (κ3) is 5.94. The molecule has 0 atom stereocenters. The molecular formula is C28H27Cl3N4O6S2. The van der Waals surface area contributed by atoms with Gasteiger partial charge in [0.25, 0.3) is 11.1 Å². The summed E-state index contributed by atoms with van der Waals surface area (Å²) in [6.45, 7) is 1.99. The Morgan fingerprint density at radius 2 is 1.33 bits per heavy atom. The zero-order chi connectivity index (χ0) is 31.9. The fourth-order valence-corrected chi connectivity index (χ4v) is 5.72. The summed E-state index contributed by atoms with van der Waals surface area (Å²) in [4.78, 5) is 27.4. The lowest BCUT2D eigenvalue weighted by atomic mass is 9.86. The minimum atomic E-state index is -1.35. The van der Waals surface area contributed by atoms with Gasteiger partial charge in [-0.3, -0.25) is 27.9 Å².